The molecular weight excluding hydrogens is 400 g/mol. The van der Waals surface area contributed by atoms with E-state index in [-0.39, 0.29) is 12.1 Å². The molecule has 0 radical (unpaired) electrons. The number of benzene rings is 1. The van der Waals surface area contributed by atoms with Crippen LogP contribution in [0.1, 0.15) is 56.5 Å². The molecule has 2 atom stereocenters. The smallest absolute Gasteiger partial charge is 0.168 e. The van der Waals surface area contributed by atoms with E-state index >= 15 is 0 Å². The van der Waals surface area contributed by atoms with Crippen molar-refractivity contribution in [2.45, 2.75) is 64.6 Å². The SMILES string of the molecule is CCCC[C@H](c1nnnn1C[C@H]1CCCO1)N1CCN(c2cc(Cl)ccc2C)CC1. The number of aryl methyl sites for hydroxylation is 1. The zero-order valence-electron chi connectivity index (χ0n) is 18.1. The van der Waals surface area contributed by atoms with Gasteiger partial charge in [0.25, 0.3) is 0 Å². The molecule has 0 N–H and O–H groups in total. The molecule has 2 saturated heterocycles. The number of rotatable bonds is 8. The number of piperazine rings is 1. The van der Waals surface area contributed by atoms with E-state index in [4.69, 9.17) is 16.3 Å². The van der Waals surface area contributed by atoms with Crippen LogP contribution in [0, 0.1) is 6.92 Å². The number of halogens is 1. The monoisotopic (exact) mass is 432 g/mol. The Bertz CT molecular complexity index is 814. The Balaban J connectivity index is 1.46. The van der Waals surface area contributed by atoms with Crippen LogP contribution in [0.3, 0.4) is 0 Å². The van der Waals surface area contributed by atoms with Crippen LogP contribution in [0.2, 0.25) is 5.02 Å². The van der Waals surface area contributed by atoms with E-state index in [1.54, 1.807) is 0 Å². The maximum Gasteiger partial charge on any atom is 0.168 e. The molecule has 2 aliphatic rings. The molecule has 0 unspecified atom stereocenters. The summed E-state index contributed by atoms with van der Waals surface area (Å²) in [6.45, 7) is 9.96. The number of ether oxygens (including phenoxy) is 1. The standard InChI is InChI=1S/C22H33ClN6O/c1-3-4-7-20(22-24-25-26-29(22)16-19-6-5-14-30-19)27-10-12-28(13-11-27)21-15-18(23)9-8-17(21)2/h8-9,15,19-20H,3-7,10-14,16H2,1-2H3/t19-,20-/m1/s1. The zero-order chi connectivity index (χ0) is 20.9. The molecule has 2 aliphatic heterocycles. The number of hydrogen-bond donors (Lipinski definition) is 0. The van der Waals surface area contributed by atoms with E-state index in [0.717, 1.165) is 69.4 Å². The normalized spacial score (nSPS) is 21.3. The van der Waals surface area contributed by atoms with Gasteiger partial charge in [0.2, 0.25) is 0 Å². The predicted molar refractivity (Wildman–Crippen MR) is 119 cm³/mol. The minimum atomic E-state index is 0.238. The molecular formula is C22H33ClN6O. The minimum absolute atomic E-state index is 0.238. The summed E-state index contributed by atoms with van der Waals surface area (Å²) in [7, 11) is 0. The van der Waals surface area contributed by atoms with E-state index in [1.165, 1.54) is 24.1 Å². The van der Waals surface area contributed by atoms with Crippen molar-refractivity contribution in [1.29, 1.82) is 0 Å². The van der Waals surface area contributed by atoms with Gasteiger partial charge in [0, 0.05) is 43.5 Å². The third kappa shape index (κ3) is 4.95. The number of anilines is 1. The summed E-state index contributed by atoms with van der Waals surface area (Å²) in [5, 5.41) is 13.6. The average molecular weight is 433 g/mol. The lowest BCUT2D eigenvalue weighted by Gasteiger charge is -2.40. The van der Waals surface area contributed by atoms with Crippen LogP contribution in [0.5, 0.6) is 0 Å². The van der Waals surface area contributed by atoms with E-state index in [2.05, 4.69) is 51.3 Å². The summed E-state index contributed by atoms with van der Waals surface area (Å²) >= 11 is 6.25. The molecule has 0 bridgehead atoms. The van der Waals surface area contributed by atoms with Crippen LogP contribution in [-0.4, -0.2) is 64.0 Å². The van der Waals surface area contributed by atoms with Gasteiger partial charge in [0.15, 0.2) is 5.82 Å². The van der Waals surface area contributed by atoms with Gasteiger partial charge in [-0.05, 0) is 54.3 Å². The van der Waals surface area contributed by atoms with Crippen molar-refractivity contribution in [3.63, 3.8) is 0 Å². The molecule has 1 aromatic carbocycles. The van der Waals surface area contributed by atoms with Crippen molar-refractivity contribution in [3.05, 3.63) is 34.6 Å². The van der Waals surface area contributed by atoms with Crippen LogP contribution in [0.25, 0.3) is 0 Å². The maximum absolute atomic E-state index is 6.25. The Morgan fingerprint density at radius 3 is 2.80 bits per heavy atom. The van der Waals surface area contributed by atoms with Gasteiger partial charge in [0.1, 0.15) is 0 Å². The van der Waals surface area contributed by atoms with Gasteiger partial charge < -0.3 is 9.64 Å². The summed E-state index contributed by atoms with van der Waals surface area (Å²) in [6.07, 6.45) is 5.89. The molecule has 30 heavy (non-hydrogen) atoms. The zero-order valence-corrected chi connectivity index (χ0v) is 18.9. The second-order valence-corrected chi connectivity index (χ2v) is 8.90. The van der Waals surface area contributed by atoms with Gasteiger partial charge in [-0.1, -0.05) is 37.4 Å². The summed E-state index contributed by atoms with van der Waals surface area (Å²) in [4.78, 5) is 5.01. The summed E-state index contributed by atoms with van der Waals surface area (Å²) in [5.41, 5.74) is 2.52. The highest BCUT2D eigenvalue weighted by molar-refractivity contribution is 6.30. The summed E-state index contributed by atoms with van der Waals surface area (Å²) in [5.74, 6) is 0.992. The molecule has 0 spiro atoms. The Morgan fingerprint density at radius 1 is 1.23 bits per heavy atom. The molecule has 0 saturated carbocycles. The Kier molecular flexibility index (Phi) is 7.23. The van der Waals surface area contributed by atoms with Crippen molar-refractivity contribution < 1.29 is 4.74 Å². The number of tetrazole rings is 1. The highest BCUT2D eigenvalue weighted by atomic mass is 35.5. The number of unbranched alkanes of at least 4 members (excludes halogenated alkanes) is 1. The topological polar surface area (TPSA) is 59.3 Å². The fourth-order valence-corrected chi connectivity index (χ4v) is 4.80. The minimum Gasteiger partial charge on any atom is -0.376 e. The van der Waals surface area contributed by atoms with E-state index in [0.29, 0.717) is 0 Å². The van der Waals surface area contributed by atoms with Crippen LogP contribution >= 0.6 is 11.6 Å². The first-order chi connectivity index (χ1) is 14.7. The Morgan fingerprint density at radius 2 is 2.07 bits per heavy atom. The lowest BCUT2D eigenvalue weighted by Crippen LogP contribution is -2.48. The second kappa shape index (κ2) is 10.1. The molecule has 7 nitrogen and oxygen atoms in total. The van der Waals surface area contributed by atoms with Gasteiger partial charge in [-0.25, -0.2) is 4.68 Å². The predicted octanol–water partition coefficient (Wildman–Crippen LogP) is 3.87. The number of aromatic nitrogens is 4. The second-order valence-electron chi connectivity index (χ2n) is 8.47. The third-order valence-electron chi connectivity index (χ3n) is 6.36. The first kappa shape index (κ1) is 21.5. The van der Waals surface area contributed by atoms with Gasteiger partial charge in [0.05, 0.1) is 18.7 Å². The van der Waals surface area contributed by atoms with E-state index in [9.17, 15) is 0 Å². The summed E-state index contributed by atoms with van der Waals surface area (Å²) in [6, 6.07) is 6.41. The highest BCUT2D eigenvalue weighted by Crippen LogP contribution is 2.30. The summed E-state index contributed by atoms with van der Waals surface area (Å²) < 4.78 is 7.81. The largest absolute Gasteiger partial charge is 0.376 e. The molecule has 2 aromatic rings. The maximum atomic E-state index is 6.25. The Labute approximate surface area is 184 Å². The molecule has 3 heterocycles. The van der Waals surface area contributed by atoms with E-state index in [1.807, 2.05) is 10.7 Å². The fraction of sp³-hybridized carbons (Fsp3) is 0.682. The van der Waals surface area contributed by atoms with Gasteiger partial charge in [-0.2, -0.15) is 0 Å². The highest BCUT2D eigenvalue weighted by Gasteiger charge is 2.30. The first-order valence-corrected chi connectivity index (χ1v) is 11.7. The quantitative estimate of drug-likeness (QED) is 0.631. The third-order valence-corrected chi connectivity index (χ3v) is 6.59. The lowest BCUT2D eigenvalue weighted by molar-refractivity contribution is 0.0890. The van der Waals surface area contributed by atoms with E-state index < -0.39 is 0 Å². The molecule has 164 valence electrons. The molecule has 0 aliphatic carbocycles. The average Bonchev–Trinajstić information content (AvgIpc) is 3.44. The molecule has 1 aromatic heterocycles. The van der Waals surface area contributed by atoms with Gasteiger partial charge in [-0.3, -0.25) is 4.90 Å². The van der Waals surface area contributed by atoms with Gasteiger partial charge >= 0.3 is 0 Å². The molecule has 0 amide bonds. The molecule has 8 heteroatoms. The van der Waals surface area contributed by atoms with Crippen molar-refractivity contribution >= 4 is 17.3 Å². The van der Waals surface area contributed by atoms with Crippen molar-refractivity contribution in [2.24, 2.45) is 0 Å². The van der Waals surface area contributed by atoms with Crippen molar-refractivity contribution in [1.82, 2.24) is 25.1 Å². The number of hydrogen-bond acceptors (Lipinski definition) is 6. The van der Waals surface area contributed by atoms with Crippen molar-refractivity contribution in [3.8, 4) is 0 Å². The van der Waals surface area contributed by atoms with Crippen LogP contribution in [-0.2, 0) is 11.3 Å². The molecule has 4 rings (SSSR count). The van der Waals surface area contributed by atoms with Gasteiger partial charge in [-0.15, -0.1) is 5.10 Å². The van der Waals surface area contributed by atoms with Crippen LogP contribution in [0.4, 0.5) is 5.69 Å². The fourth-order valence-electron chi connectivity index (χ4n) is 4.63. The molecule has 2 fully saturated rings. The number of nitrogens with zero attached hydrogens (tertiary/aromatic N) is 6. The Hall–Kier alpha value is -1.70. The lowest BCUT2D eigenvalue weighted by atomic mass is 10.1. The van der Waals surface area contributed by atoms with Crippen LogP contribution in [0.15, 0.2) is 18.2 Å². The van der Waals surface area contributed by atoms with Crippen LogP contribution < -0.4 is 4.90 Å². The van der Waals surface area contributed by atoms with Crippen molar-refractivity contribution in [2.75, 3.05) is 37.7 Å². The first-order valence-electron chi connectivity index (χ1n) is 11.3.